The largest absolute Gasteiger partial charge is 0.416 e. The van der Waals surface area contributed by atoms with Gasteiger partial charge in [-0.25, -0.2) is 4.98 Å². The first-order valence-corrected chi connectivity index (χ1v) is 6.07. The van der Waals surface area contributed by atoms with E-state index in [-0.39, 0.29) is 23.1 Å². The maximum Gasteiger partial charge on any atom is 0.416 e. The van der Waals surface area contributed by atoms with E-state index in [1.165, 1.54) is 6.20 Å². The van der Waals surface area contributed by atoms with Gasteiger partial charge in [-0.2, -0.15) is 22.0 Å². The Morgan fingerprint density at radius 1 is 1.29 bits per heavy atom. The van der Waals surface area contributed by atoms with Crippen LogP contribution in [0.15, 0.2) is 30.6 Å². The molecule has 21 heavy (non-hydrogen) atoms. The van der Waals surface area contributed by atoms with Crippen molar-refractivity contribution >= 4 is 17.3 Å². The summed E-state index contributed by atoms with van der Waals surface area (Å²) in [4.78, 5) is 3.71. The first kappa shape index (κ1) is 15.6. The molecule has 0 aliphatic heterocycles. The summed E-state index contributed by atoms with van der Waals surface area (Å²) >= 11 is 5.78. The SMILES string of the molecule is FC(F)n1ccnc1CNc1cc(C(F)(F)F)ccc1Cl. The number of rotatable bonds is 4. The Morgan fingerprint density at radius 2 is 2.00 bits per heavy atom. The maximum atomic E-state index is 12.6. The smallest absolute Gasteiger partial charge is 0.377 e. The van der Waals surface area contributed by atoms with E-state index in [2.05, 4.69) is 10.3 Å². The van der Waals surface area contributed by atoms with Crippen LogP contribution in [-0.2, 0) is 12.7 Å². The lowest BCUT2D eigenvalue weighted by Crippen LogP contribution is -2.10. The van der Waals surface area contributed by atoms with E-state index >= 15 is 0 Å². The molecule has 0 saturated carbocycles. The van der Waals surface area contributed by atoms with E-state index in [1.54, 1.807) is 0 Å². The predicted molar refractivity (Wildman–Crippen MR) is 67.3 cm³/mol. The van der Waals surface area contributed by atoms with E-state index in [1.807, 2.05) is 0 Å². The average molecular weight is 326 g/mol. The summed E-state index contributed by atoms with van der Waals surface area (Å²) in [5.41, 5.74) is -0.887. The molecule has 0 saturated heterocycles. The second-order valence-electron chi connectivity index (χ2n) is 4.07. The highest BCUT2D eigenvalue weighted by Crippen LogP contribution is 2.34. The highest BCUT2D eigenvalue weighted by Gasteiger charge is 2.31. The molecule has 2 rings (SSSR count). The van der Waals surface area contributed by atoms with Crippen molar-refractivity contribution in [2.45, 2.75) is 19.3 Å². The van der Waals surface area contributed by atoms with Crippen molar-refractivity contribution in [1.82, 2.24) is 9.55 Å². The van der Waals surface area contributed by atoms with Crippen molar-refractivity contribution in [3.63, 3.8) is 0 Å². The minimum absolute atomic E-state index is 0.00434. The average Bonchev–Trinajstić information content (AvgIpc) is 2.85. The normalized spacial score (nSPS) is 12.0. The standard InChI is InChI=1S/C12H9ClF5N3/c13-8-2-1-7(12(16,17)18)5-9(8)20-6-10-19-3-4-21(10)11(14)15/h1-5,11,20H,6H2. The molecular weight excluding hydrogens is 317 g/mol. The molecule has 0 bridgehead atoms. The van der Waals surface area contributed by atoms with Gasteiger partial charge in [0.05, 0.1) is 22.8 Å². The summed E-state index contributed by atoms with van der Waals surface area (Å²) in [6.07, 6.45) is -2.26. The fourth-order valence-corrected chi connectivity index (χ4v) is 1.85. The van der Waals surface area contributed by atoms with Gasteiger partial charge in [-0.15, -0.1) is 0 Å². The molecule has 1 aromatic heterocycles. The number of nitrogens with one attached hydrogen (secondary N) is 1. The van der Waals surface area contributed by atoms with Crippen molar-refractivity contribution in [3.8, 4) is 0 Å². The topological polar surface area (TPSA) is 29.9 Å². The number of benzene rings is 1. The Labute approximate surface area is 121 Å². The third kappa shape index (κ3) is 3.63. The zero-order chi connectivity index (χ0) is 15.6. The Hall–Kier alpha value is -1.83. The van der Waals surface area contributed by atoms with Gasteiger partial charge < -0.3 is 5.32 Å². The van der Waals surface area contributed by atoms with Crippen LogP contribution in [0, 0.1) is 0 Å². The van der Waals surface area contributed by atoms with Gasteiger partial charge in [-0.05, 0) is 18.2 Å². The fourth-order valence-electron chi connectivity index (χ4n) is 1.67. The zero-order valence-electron chi connectivity index (χ0n) is 10.3. The Kier molecular flexibility index (Phi) is 4.36. The van der Waals surface area contributed by atoms with Crippen molar-refractivity contribution in [2.75, 3.05) is 5.32 Å². The lowest BCUT2D eigenvalue weighted by Gasteiger charge is -2.13. The van der Waals surface area contributed by atoms with E-state index in [9.17, 15) is 22.0 Å². The molecule has 0 aliphatic carbocycles. The summed E-state index contributed by atoms with van der Waals surface area (Å²) in [7, 11) is 0. The molecule has 0 amide bonds. The van der Waals surface area contributed by atoms with E-state index < -0.39 is 18.3 Å². The van der Waals surface area contributed by atoms with Crippen LogP contribution in [0.4, 0.5) is 27.6 Å². The molecule has 0 unspecified atom stereocenters. The molecule has 0 atom stereocenters. The van der Waals surface area contributed by atoms with Gasteiger partial charge in [-0.1, -0.05) is 11.6 Å². The minimum atomic E-state index is -4.51. The van der Waals surface area contributed by atoms with Crippen LogP contribution in [0.3, 0.4) is 0 Å². The van der Waals surface area contributed by atoms with Crippen LogP contribution < -0.4 is 5.32 Å². The van der Waals surface area contributed by atoms with E-state index in [0.29, 0.717) is 4.57 Å². The summed E-state index contributed by atoms with van der Waals surface area (Å²) in [5.74, 6) is -0.0153. The zero-order valence-corrected chi connectivity index (χ0v) is 11.1. The van der Waals surface area contributed by atoms with Gasteiger partial charge in [0.15, 0.2) is 0 Å². The molecule has 1 heterocycles. The summed E-state index contributed by atoms with van der Waals surface area (Å²) in [5, 5.41) is 2.63. The first-order valence-electron chi connectivity index (χ1n) is 5.69. The number of alkyl halides is 5. The Balaban J connectivity index is 2.18. The maximum absolute atomic E-state index is 12.6. The van der Waals surface area contributed by atoms with Gasteiger partial charge in [0.1, 0.15) is 5.82 Å². The molecule has 9 heteroatoms. The van der Waals surface area contributed by atoms with Gasteiger partial charge in [0.2, 0.25) is 0 Å². The molecule has 1 aromatic carbocycles. The molecule has 0 spiro atoms. The summed E-state index contributed by atoms with van der Waals surface area (Å²) in [6, 6.07) is 2.75. The van der Waals surface area contributed by atoms with Gasteiger partial charge in [0, 0.05) is 12.4 Å². The van der Waals surface area contributed by atoms with Crippen molar-refractivity contribution in [2.24, 2.45) is 0 Å². The van der Waals surface area contributed by atoms with Gasteiger partial charge in [-0.3, -0.25) is 4.57 Å². The highest BCUT2D eigenvalue weighted by molar-refractivity contribution is 6.33. The van der Waals surface area contributed by atoms with Crippen molar-refractivity contribution in [3.05, 3.63) is 47.0 Å². The number of anilines is 1. The number of hydrogen-bond acceptors (Lipinski definition) is 2. The van der Waals surface area contributed by atoms with Crippen molar-refractivity contribution < 1.29 is 22.0 Å². The number of imidazole rings is 1. The predicted octanol–water partition coefficient (Wildman–Crippen LogP) is 4.56. The summed E-state index contributed by atoms with van der Waals surface area (Å²) in [6.45, 7) is -2.96. The molecule has 0 fully saturated rings. The number of halogens is 6. The number of aromatic nitrogens is 2. The minimum Gasteiger partial charge on any atom is -0.377 e. The van der Waals surface area contributed by atoms with Gasteiger partial charge in [0.25, 0.3) is 0 Å². The van der Waals surface area contributed by atoms with Crippen LogP contribution in [-0.4, -0.2) is 9.55 Å². The molecule has 2 aromatic rings. The highest BCUT2D eigenvalue weighted by atomic mass is 35.5. The van der Waals surface area contributed by atoms with Crippen LogP contribution in [0.5, 0.6) is 0 Å². The third-order valence-corrected chi connectivity index (χ3v) is 3.02. The Bertz CT molecular complexity index is 624. The second kappa shape index (κ2) is 5.88. The van der Waals surface area contributed by atoms with Crippen LogP contribution in [0.1, 0.15) is 17.9 Å². The number of nitrogens with zero attached hydrogens (tertiary/aromatic N) is 2. The van der Waals surface area contributed by atoms with E-state index in [4.69, 9.17) is 11.6 Å². The molecule has 0 aliphatic rings. The second-order valence-corrected chi connectivity index (χ2v) is 4.48. The molecular formula is C12H9ClF5N3. The lowest BCUT2D eigenvalue weighted by molar-refractivity contribution is -0.137. The first-order chi connectivity index (χ1) is 9.79. The lowest BCUT2D eigenvalue weighted by atomic mass is 10.2. The molecule has 114 valence electrons. The van der Waals surface area contributed by atoms with Crippen LogP contribution >= 0.6 is 11.6 Å². The van der Waals surface area contributed by atoms with Crippen molar-refractivity contribution in [1.29, 1.82) is 0 Å². The van der Waals surface area contributed by atoms with Crippen LogP contribution in [0.25, 0.3) is 0 Å². The molecule has 3 nitrogen and oxygen atoms in total. The monoisotopic (exact) mass is 325 g/mol. The quantitative estimate of drug-likeness (QED) is 0.835. The van der Waals surface area contributed by atoms with Gasteiger partial charge >= 0.3 is 12.7 Å². The third-order valence-electron chi connectivity index (χ3n) is 2.69. The van der Waals surface area contributed by atoms with Crippen LogP contribution in [0.2, 0.25) is 5.02 Å². The van der Waals surface area contributed by atoms with E-state index in [0.717, 1.165) is 24.4 Å². The molecule has 0 radical (unpaired) electrons. The number of hydrogen-bond donors (Lipinski definition) is 1. The fraction of sp³-hybridized carbons (Fsp3) is 0.250. The molecule has 1 N–H and O–H groups in total. The summed E-state index contributed by atoms with van der Waals surface area (Å²) < 4.78 is 63.6. The Morgan fingerprint density at radius 3 is 2.62 bits per heavy atom.